The molecule has 2 nitrogen and oxygen atoms in total. The fourth-order valence-electron chi connectivity index (χ4n) is 2.27. The molecule has 1 unspecified atom stereocenters. The van der Waals surface area contributed by atoms with Gasteiger partial charge in [-0.25, -0.2) is 0 Å². The zero-order valence-corrected chi connectivity index (χ0v) is 12.0. The van der Waals surface area contributed by atoms with Crippen molar-refractivity contribution in [2.75, 3.05) is 5.32 Å². The van der Waals surface area contributed by atoms with Crippen LogP contribution in [0.1, 0.15) is 36.1 Å². The van der Waals surface area contributed by atoms with E-state index >= 15 is 0 Å². The molecule has 114 valence electrons. The molecule has 0 aliphatic heterocycles. The lowest BCUT2D eigenvalue weighted by Crippen LogP contribution is -2.12. The maximum atomic E-state index is 13.0. The maximum absolute atomic E-state index is 13.0. The SMILES string of the molecule is CCC(Nc1ccc(C#N)c(C(F)(F)F)c1)c1ccccc1. The summed E-state index contributed by atoms with van der Waals surface area (Å²) in [6, 6.07) is 14.7. The molecule has 0 spiro atoms. The number of rotatable bonds is 4. The molecule has 0 amide bonds. The molecule has 2 aromatic carbocycles. The first-order valence-corrected chi connectivity index (χ1v) is 6.88. The maximum Gasteiger partial charge on any atom is 0.417 e. The van der Waals surface area contributed by atoms with E-state index < -0.39 is 11.7 Å². The number of nitriles is 1. The highest BCUT2D eigenvalue weighted by Gasteiger charge is 2.33. The van der Waals surface area contributed by atoms with E-state index in [0.717, 1.165) is 18.1 Å². The summed E-state index contributed by atoms with van der Waals surface area (Å²) in [4.78, 5) is 0. The van der Waals surface area contributed by atoms with Crippen LogP contribution in [0, 0.1) is 11.3 Å². The molecule has 0 heterocycles. The molecule has 0 aromatic heterocycles. The van der Waals surface area contributed by atoms with Gasteiger partial charge < -0.3 is 5.32 Å². The number of nitrogens with zero attached hydrogens (tertiary/aromatic N) is 1. The second-order valence-corrected chi connectivity index (χ2v) is 4.89. The predicted octanol–water partition coefficient (Wildman–Crippen LogP) is 5.14. The highest BCUT2D eigenvalue weighted by atomic mass is 19.4. The van der Waals surface area contributed by atoms with Crippen LogP contribution in [-0.4, -0.2) is 0 Å². The van der Waals surface area contributed by atoms with Gasteiger partial charge in [-0.1, -0.05) is 37.3 Å². The fourth-order valence-corrected chi connectivity index (χ4v) is 2.27. The third-order valence-electron chi connectivity index (χ3n) is 3.40. The number of hydrogen-bond acceptors (Lipinski definition) is 2. The van der Waals surface area contributed by atoms with Crippen molar-refractivity contribution < 1.29 is 13.2 Å². The van der Waals surface area contributed by atoms with E-state index in [1.807, 2.05) is 37.3 Å². The minimum Gasteiger partial charge on any atom is -0.378 e. The molecule has 2 rings (SSSR count). The first kappa shape index (κ1) is 15.9. The van der Waals surface area contributed by atoms with Crippen molar-refractivity contribution >= 4 is 5.69 Å². The summed E-state index contributed by atoms with van der Waals surface area (Å²) < 4.78 is 38.9. The summed E-state index contributed by atoms with van der Waals surface area (Å²) >= 11 is 0. The Morgan fingerprint density at radius 3 is 2.36 bits per heavy atom. The van der Waals surface area contributed by atoms with E-state index in [0.29, 0.717) is 5.69 Å². The van der Waals surface area contributed by atoms with E-state index in [1.165, 1.54) is 12.1 Å². The molecule has 0 bridgehead atoms. The molecule has 0 saturated carbocycles. The molecule has 0 aliphatic carbocycles. The zero-order chi connectivity index (χ0) is 16.2. The van der Waals surface area contributed by atoms with Gasteiger partial charge in [-0.2, -0.15) is 18.4 Å². The minimum absolute atomic E-state index is 0.0878. The van der Waals surface area contributed by atoms with Crippen LogP contribution < -0.4 is 5.32 Å². The second kappa shape index (κ2) is 6.52. The largest absolute Gasteiger partial charge is 0.417 e. The third-order valence-corrected chi connectivity index (χ3v) is 3.40. The average molecular weight is 304 g/mol. The highest BCUT2D eigenvalue weighted by molar-refractivity contribution is 5.54. The minimum atomic E-state index is -4.54. The molecule has 5 heteroatoms. The average Bonchev–Trinajstić information content (AvgIpc) is 2.52. The normalized spacial score (nSPS) is 12.5. The molecule has 0 fully saturated rings. The van der Waals surface area contributed by atoms with Crippen molar-refractivity contribution in [3.05, 3.63) is 65.2 Å². The van der Waals surface area contributed by atoms with E-state index in [2.05, 4.69) is 5.32 Å². The van der Waals surface area contributed by atoms with Crippen molar-refractivity contribution in [3.63, 3.8) is 0 Å². The van der Waals surface area contributed by atoms with E-state index in [1.54, 1.807) is 6.07 Å². The molecule has 22 heavy (non-hydrogen) atoms. The van der Waals surface area contributed by atoms with Gasteiger partial charge in [-0.05, 0) is 30.2 Å². The Morgan fingerprint density at radius 1 is 1.14 bits per heavy atom. The summed E-state index contributed by atoms with van der Waals surface area (Å²) in [6.45, 7) is 1.96. The Morgan fingerprint density at radius 2 is 1.82 bits per heavy atom. The van der Waals surface area contributed by atoms with E-state index in [-0.39, 0.29) is 11.6 Å². The Hall–Kier alpha value is -2.48. The molecular weight excluding hydrogens is 289 g/mol. The van der Waals surface area contributed by atoms with Gasteiger partial charge in [-0.3, -0.25) is 0 Å². The number of halogens is 3. The van der Waals surface area contributed by atoms with Crippen LogP contribution in [-0.2, 0) is 6.18 Å². The summed E-state index contributed by atoms with van der Waals surface area (Å²) in [5.74, 6) is 0. The van der Waals surface area contributed by atoms with Crippen molar-refractivity contribution in [3.8, 4) is 6.07 Å². The van der Waals surface area contributed by atoms with Gasteiger partial charge >= 0.3 is 6.18 Å². The lowest BCUT2D eigenvalue weighted by Gasteiger charge is -2.20. The van der Waals surface area contributed by atoms with Gasteiger partial charge in [0.15, 0.2) is 0 Å². The molecule has 0 radical (unpaired) electrons. The lowest BCUT2D eigenvalue weighted by atomic mass is 10.0. The number of nitrogens with one attached hydrogen (secondary N) is 1. The fraction of sp³-hybridized carbons (Fsp3) is 0.235. The van der Waals surface area contributed by atoms with Crippen molar-refractivity contribution in [1.82, 2.24) is 0 Å². The molecule has 0 saturated heterocycles. The zero-order valence-electron chi connectivity index (χ0n) is 12.0. The van der Waals surface area contributed by atoms with E-state index in [9.17, 15) is 13.2 Å². The quantitative estimate of drug-likeness (QED) is 0.849. The number of hydrogen-bond donors (Lipinski definition) is 1. The number of benzene rings is 2. The van der Waals surface area contributed by atoms with Gasteiger partial charge in [0.2, 0.25) is 0 Å². The standard InChI is InChI=1S/C17H15F3N2/c1-2-16(12-6-4-3-5-7-12)22-14-9-8-13(11-21)15(10-14)17(18,19)20/h3-10,16,22H,2H2,1H3. The third kappa shape index (κ3) is 3.59. The van der Waals surface area contributed by atoms with Crippen LogP contribution in [0.5, 0.6) is 0 Å². The van der Waals surface area contributed by atoms with E-state index in [4.69, 9.17) is 5.26 Å². The van der Waals surface area contributed by atoms with Crippen LogP contribution in [0.4, 0.5) is 18.9 Å². The van der Waals surface area contributed by atoms with Crippen molar-refractivity contribution in [2.45, 2.75) is 25.6 Å². The Kier molecular flexibility index (Phi) is 4.71. The monoisotopic (exact) mass is 304 g/mol. The van der Waals surface area contributed by atoms with Crippen LogP contribution in [0.3, 0.4) is 0 Å². The predicted molar refractivity (Wildman–Crippen MR) is 79.3 cm³/mol. The first-order valence-electron chi connectivity index (χ1n) is 6.88. The topological polar surface area (TPSA) is 35.8 Å². The Labute approximate surface area is 127 Å². The summed E-state index contributed by atoms with van der Waals surface area (Å²) in [5.41, 5.74) is 0.0682. The van der Waals surface area contributed by atoms with Gasteiger partial charge in [-0.15, -0.1) is 0 Å². The molecule has 2 aromatic rings. The Bertz CT molecular complexity index is 673. The molecule has 1 N–H and O–H groups in total. The first-order chi connectivity index (χ1) is 10.5. The smallest absolute Gasteiger partial charge is 0.378 e. The molecular formula is C17H15F3N2. The molecule has 0 aliphatic rings. The van der Waals surface area contributed by atoms with Crippen LogP contribution in [0.15, 0.2) is 48.5 Å². The van der Waals surface area contributed by atoms with Crippen LogP contribution in [0.25, 0.3) is 0 Å². The van der Waals surface area contributed by atoms with Crippen molar-refractivity contribution in [2.24, 2.45) is 0 Å². The van der Waals surface area contributed by atoms with Gasteiger partial charge in [0, 0.05) is 5.69 Å². The number of alkyl halides is 3. The molecule has 1 atom stereocenters. The van der Waals surface area contributed by atoms with Crippen LogP contribution in [0.2, 0.25) is 0 Å². The van der Waals surface area contributed by atoms with Gasteiger partial charge in [0.05, 0.1) is 23.2 Å². The summed E-state index contributed by atoms with van der Waals surface area (Å²) in [7, 11) is 0. The lowest BCUT2D eigenvalue weighted by molar-refractivity contribution is -0.137. The summed E-state index contributed by atoms with van der Waals surface area (Å²) in [6.07, 6.45) is -3.82. The van der Waals surface area contributed by atoms with Crippen molar-refractivity contribution in [1.29, 1.82) is 5.26 Å². The summed E-state index contributed by atoms with van der Waals surface area (Å²) in [5, 5.41) is 11.9. The van der Waals surface area contributed by atoms with Gasteiger partial charge in [0.1, 0.15) is 0 Å². The highest BCUT2D eigenvalue weighted by Crippen LogP contribution is 2.34. The number of anilines is 1. The second-order valence-electron chi connectivity index (χ2n) is 4.89. The van der Waals surface area contributed by atoms with Crippen LogP contribution >= 0.6 is 0 Å². The van der Waals surface area contributed by atoms with Gasteiger partial charge in [0.25, 0.3) is 0 Å². The Balaban J connectivity index is 2.32.